The van der Waals surface area contributed by atoms with Gasteiger partial charge in [0.1, 0.15) is 12.1 Å². The quantitative estimate of drug-likeness (QED) is 0.0306. The number of carboxylic acids is 1. The third-order valence-electron chi connectivity index (χ3n) is 11.4. The predicted octanol–water partition coefficient (Wildman–Crippen LogP) is 14.3. The standard InChI is InChI=1S/C48H96NO9P/c1-3-5-7-9-11-13-15-17-19-21-22-23-24-25-26-28-30-32-34-36-38-40-47(50)58-45(43-56-59(53,54)57-44-46(49)48(51)52)42-55-41-39-37-35-33-31-29-27-20-18-16-14-12-10-8-6-4-2/h45-46H,3-44,49H2,1-2H3,(H,51,52)(H,53,54). The molecule has 0 bridgehead atoms. The van der Waals surface area contributed by atoms with Gasteiger partial charge in [0.2, 0.25) is 0 Å². The van der Waals surface area contributed by atoms with Crippen molar-refractivity contribution < 1.29 is 42.7 Å². The molecule has 0 heterocycles. The van der Waals surface area contributed by atoms with Crippen molar-refractivity contribution in [3.8, 4) is 0 Å². The van der Waals surface area contributed by atoms with Gasteiger partial charge in [-0.25, -0.2) is 4.57 Å². The molecule has 0 aromatic heterocycles. The van der Waals surface area contributed by atoms with Gasteiger partial charge in [0.25, 0.3) is 0 Å². The van der Waals surface area contributed by atoms with Crippen LogP contribution < -0.4 is 5.73 Å². The van der Waals surface area contributed by atoms with Crippen molar-refractivity contribution in [3.05, 3.63) is 0 Å². The number of nitrogens with two attached hydrogens (primary N) is 1. The molecule has 0 radical (unpaired) electrons. The number of hydrogen-bond acceptors (Lipinski definition) is 8. The second-order valence-electron chi connectivity index (χ2n) is 17.3. The van der Waals surface area contributed by atoms with E-state index in [1.54, 1.807) is 0 Å². The first-order valence-corrected chi connectivity index (χ1v) is 26.6. The molecule has 4 N–H and O–H groups in total. The van der Waals surface area contributed by atoms with Crippen LogP contribution in [0.3, 0.4) is 0 Å². The zero-order chi connectivity index (χ0) is 43.3. The number of rotatable bonds is 49. The fourth-order valence-electron chi connectivity index (χ4n) is 7.49. The fourth-order valence-corrected chi connectivity index (χ4v) is 8.27. The maximum Gasteiger partial charge on any atom is 0.472 e. The van der Waals surface area contributed by atoms with Crippen molar-refractivity contribution in [2.24, 2.45) is 5.73 Å². The Balaban J connectivity index is 4.08. The summed E-state index contributed by atoms with van der Waals surface area (Å²) in [5, 5.41) is 8.92. The highest BCUT2D eigenvalue weighted by Gasteiger charge is 2.27. The van der Waals surface area contributed by atoms with Crippen molar-refractivity contribution in [2.45, 2.75) is 270 Å². The van der Waals surface area contributed by atoms with E-state index in [4.69, 9.17) is 29.4 Å². The predicted molar refractivity (Wildman–Crippen MR) is 245 cm³/mol. The Morgan fingerprint density at radius 3 is 1.12 bits per heavy atom. The van der Waals surface area contributed by atoms with Gasteiger partial charge in [-0.15, -0.1) is 0 Å². The van der Waals surface area contributed by atoms with E-state index in [0.717, 1.165) is 38.5 Å². The minimum atomic E-state index is -4.61. The van der Waals surface area contributed by atoms with Gasteiger partial charge in [0, 0.05) is 13.0 Å². The van der Waals surface area contributed by atoms with E-state index in [0.29, 0.717) is 6.61 Å². The van der Waals surface area contributed by atoms with Gasteiger partial charge in [-0.3, -0.25) is 18.6 Å². The lowest BCUT2D eigenvalue weighted by Gasteiger charge is -2.20. The lowest BCUT2D eigenvalue weighted by Crippen LogP contribution is -2.34. The molecule has 59 heavy (non-hydrogen) atoms. The Morgan fingerprint density at radius 2 is 0.780 bits per heavy atom. The molecule has 0 aromatic rings. The number of ether oxygens (including phenoxy) is 2. The Morgan fingerprint density at radius 1 is 0.475 bits per heavy atom. The summed E-state index contributed by atoms with van der Waals surface area (Å²) in [5.74, 6) is -1.76. The Kier molecular flexibility index (Phi) is 44.2. The van der Waals surface area contributed by atoms with Crippen molar-refractivity contribution >= 4 is 19.8 Å². The van der Waals surface area contributed by atoms with Crippen molar-refractivity contribution in [3.63, 3.8) is 0 Å². The Labute approximate surface area is 363 Å². The van der Waals surface area contributed by atoms with Gasteiger partial charge in [-0.1, -0.05) is 239 Å². The summed E-state index contributed by atoms with van der Waals surface area (Å²) in [6, 6.07) is -1.47. The number of hydrogen-bond donors (Lipinski definition) is 3. The van der Waals surface area contributed by atoms with E-state index in [-0.39, 0.29) is 13.0 Å². The molecule has 0 amide bonds. The minimum absolute atomic E-state index is 0.0262. The molecule has 0 aliphatic rings. The van der Waals surface area contributed by atoms with Crippen LogP contribution in [0.4, 0.5) is 0 Å². The van der Waals surface area contributed by atoms with E-state index in [1.165, 1.54) is 199 Å². The highest BCUT2D eigenvalue weighted by molar-refractivity contribution is 7.47. The smallest absolute Gasteiger partial charge is 0.472 e. The van der Waals surface area contributed by atoms with Gasteiger partial charge >= 0.3 is 19.8 Å². The number of carboxylic acid groups (broad SMARTS) is 1. The van der Waals surface area contributed by atoms with Crippen LogP contribution in [0.15, 0.2) is 0 Å². The largest absolute Gasteiger partial charge is 0.480 e. The van der Waals surface area contributed by atoms with Crippen molar-refractivity contribution in [1.82, 2.24) is 0 Å². The number of esters is 1. The van der Waals surface area contributed by atoms with Crippen LogP contribution in [0.1, 0.15) is 258 Å². The number of carbonyl (C=O) groups excluding carboxylic acids is 1. The first-order chi connectivity index (χ1) is 28.7. The molecule has 0 aliphatic carbocycles. The summed E-state index contributed by atoms with van der Waals surface area (Å²) in [5.41, 5.74) is 5.37. The highest BCUT2D eigenvalue weighted by atomic mass is 31.2. The molecule has 0 saturated carbocycles. The average Bonchev–Trinajstić information content (AvgIpc) is 3.21. The van der Waals surface area contributed by atoms with Gasteiger partial charge in [-0.05, 0) is 12.8 Å². The minimum Gasteiger partial charge on any atom is -0.480 e. The first kappa shape index (κ1) is 58.0. The van der Waals surface area contributed by atoms with E-state index in [2.05, 4.69) is 13.8 Å². The first-order valence-electron chi connectivity index (χ1n) is 25.1. The normalized spacial score (nSPS) is 13.7. The summed E-state index contributed by atoms with van der Waals surface area (Å²) in [6.07, 6.45) is 47.3. The lowest BCUT2D eigenvalue weighted by atomic mass is 10.0. The number of phosphoric ester groups is 1. The average molecular weight is 862 g/mol. The third kappa shape index (κ3) is 44.8. The monoisotopic (exact) mass is 862 g/mol. The summed E-state index contributed by atoms with van der Waals surface area (Å²) < 4.78 is 33.5. The maximum absolute atomic E-state index is 12.7. The summed E-state index contributed by atoms with van der Waals surface area (Å²) in [4.78, 5) is 33.6. The molecule has 352 valence electrons. The summed E-state index contributed by atoms with van der Waals surface area (Å²) in [6.45, 7) is 3.95. The van der Waals surface area contributed by atoms with Crippen LogP contribution in [-0.4, -0.2) is 60.5 Å². The van der Waals surface area contributed by atoms with Crippen molar-refractivity contribution in [1.29, 1.82) is 0 Å². The third-order valence-corrected chi connectivity index (χ3v) is 12.3. The highest BCUT2D eigenvalue weighted by Crippen LogP contribution is 2.43. The van der Waals surface area contributed by atoms with Crippen LogP contribution >= 0.6 is 7.82 Å². The van der Waals surface area contributed by atoms with Crippen molar-refractivity contribution in [2.75, 3.05) is 26.4 Å². The molecule has 0 rings (SSSR count). The molecule has 0 saturated heterocycles. The molecule has 3 unspecified atom stereocenters. The number of phosphoric acid groups is 1. The Bertz CT molecular complexity index is 955. The SMILES string of the molecule is CCCCCCCCCCCCCCCCCCCCCCCC(=O)OC(COCCCCCCCCCCCCCCCCCC)COP(=O)(O)OCC(N)C(=O)O. The molecule has 3 atom stereocenters. The number of carbonyl (C=O) groups is 2. The van der Waals surface area contributed by atoms with Gasteiger partial charge < -0.3 is 25.2 Å². The summed E-state index contributed by atoms with van der Waals surface area (Å²) in [7, 11) is -4.61. The van der Waals surface area contributed by atoms with Crippen LogP contribution in [0, 0.1) is 0 Å². The molecule has 0 aromatic carbocycles. The van der Waals surface area contributed by atoms with Crippen LogP contribution in [0.25, 0.3) is 0 Å². The fraction of sp³-hybridized carbons (Fsp3) is 0.958. The van der Waals surface area contributed by atoms with E-state index in [9.17, 15) is 19.0 Å². The second kappa shape index (κ2) is 45.0. The molecular formula is C48H96NO9P. The topological polar surface area (TPSA) is 155 Å². The number of unbranched alkanes of at least 4 members (excludes halogenated alkanes) is 35. The number of aliphatic carboxylic acids is 1. The molecule has 10 nitrogen and oxygen atoms in total. The maximum atomic E-state index is 12.7. The lowest BCUT2D eigenvalue weighted by molar-refractivity contribution is -0.154. The molecule has 0 fully saturated rings. The van der Waals surface area contributed by atoms with Crippen LogP contribution in [0.5, 0.6) is 0 Å². The van der Waals surface area contributed by atoms with Crippen LogP contribution in [0.2, 0.25) is 0 Å². The molecule has 0 aliphatic heterocycles. The van der Waals surface area contributed by atoms with E-state index >= 15 is 0 Å². The zero-order valence-corrected chi connectivity index (χ0v) is 39.5. The van der Waals surface area contributed by atoms with Crippen LogP contribution in [-0.2, 0) is 32.7 Å². The summed E-state index contributed by atoms with van der Waals surface area (Å²) >= 11 is 0. The van der Waals surface area contributed by atoms with Gasteiger partial charge in [0.05, 0.1) is 19.8 Å². The Hall–Kier alpha value is -1.03. The molecule has 11 heteroatoms. The van der Waals surface area contributed by atoms with Gasteiger partial charge in [-0.2, -0.15) is 0 Å². The van der Waals surface area contributed by atoms with Gasteiger partial charge in [0.15, 0.2) is 0 Å². The molecular weight excluding hydrogens is 766 g/mol. The molecule has 0 spiro atoms. The van der Waals surface area contributed by atoms with E-state index in [1.807, 2.05) is 0 Å². The second-order valence-corrected chi connectivity index (χ2v) is 18.8. The zero-order valence-electron chi connectivity index (χ0n) is 38.6. The van der Waals surface area contributed by atoms with E-state index < -0.39 is 45.1 Å².